The Hall–Kier alpha value is -4.62. The minimum Gasteiger partial charge on any atom is -0.381 e. The van der Waals surface area contributed by atoms with Crippen LogP contribution in [-0.2, 0) is 29.5 Å². The number of hydrogen-bond acceptors (Lipinski definition) is 8. The summed E-state index contributed by atoms with van der Waals surface area (Å²) in [6.45, 7) is 3.98. The topological polar surface area (TPSA) is 122 Å². The number of benzene rings is 1. The summed E-state index contributed by atoms with van der Waals surface area (Å²) in [5.74, 6) is 1.91. The molecule has 1 atom stereocenters. The van der Waals surface area contributed by atoms with Gasteiger partial charge in [-0.05, 0) is 80.2 Å². The minimum absolute atomic E-state index is 0.0258. The van der Waals surface area contributed by atoms with Gasteiger partial charge in [0.1, 0.15) is 23.3 Å². The fourth-order valence-corrected chi connectivity index (χ4v) is 8.23. The zero-order chi connectivity index (χ0) is 33.6. The molecule has 1 saturated carbocycles. The van der Waals surface area contributed by atoms with Gasteiger partial charge in [0, 0.05) is 69.8 Å². The molecule has 3 aromatic heterocycles. The molecule has 1 spiro atoms. The maximum atomic E-state index is 13.9. The van der Waals surface area contributed by atoms with Crippen LogP contribution in [0.25, 0.3) is 11.1 Å². The monoisotopic (exact) mass is 658 g/mol. The van der Waals surface area contributed by atoms with Gasteiger partial charge >= 0.3 is 0 Å². The lowest BCUT2D eigenvalue weighted by Crippen LogP contribution is -2.46. The highest BCUT2D eigenvalue weighted by Gasteiger charge is 2.38. The van der Waals surface area contributed by atoms with Gasteiger partial charge in [0.15, 0.2) is 0 Å². The molecule has 1 N–H and O–H groups in total. The number of aromatic nitrogens is 5. The zero-order valence-corrected chi connectivity index (χ0v) is 28.4. The van der Waals surface area contributed by atoms with E-state index in [1.807, 2.05) is 62.0 Å². The van der Waals surface area contributed by atoms with Gasteiger partial charge in [-0.3, -0.25) is 14.5 Å². The Balaban J connectivity index is 1.04. The summed E-state index contributed by atoms with van der Waals surface area (Å²) in [6, 6.07) is 16.5. The van der Waals surface area contributed by atoms with Gasteiger partial charge in [0.05, 0.1) is 24.0 Å². The third kappa shape index (κ3) is 7.67. The zero-order valence-electron chi connectivity index (χ0n) is 28.4. The molecule has 7 rings (SSSR count). The third-order valence-electron chi connectivity index (χ3n) is 11.0. The highest BCUT2D eigenvalue weighted by Crippen LogP contribution is 2.42. The van der Waals surface area contributed by atoms with Gasteiger partial charge in [-0.25, -0.2) is 9.97 Å². The standard InChI is InChI=1S/C39H46N8O2/c1-46-26-33(25-44-46)31-12-13-34(41-23-31)36(38(48)43-22-29-6-3-2-4-7-29)30-10-8-28(9-11-30)20-35-42-24-32(21-40)37(45-35)47-17-5-14-39(27-47)15-18-49-19-16-39/h2-4,6-7,12-13,23-26,28,30,36H,5,8-11,14-20,22,27H2,1H3,(H,43,48)/t28-,30-,36?. The molecule has 49 heavy (non-hydrogen) atoms. The summed E-state index contributed by atoms with van der Waals surface area (Å²) in [7, 11) is 1.90. The number of nitrogens with one attached hydrogen (secondary N) is 1. The van der Waals surface area contributed by atoms with Crippen molar-refractivity contribution in [3.8, 4) is 17.2 Å². The number of nitrogens with zero attached hydrogens (tertiary/aromatic N) is 7. The van der Waals surface area contributed by atoms with Crippen LogP contribution in [0.4, 0.5) is 5.82 Å². The molecule has 3 fully saturated rings. The number of aryl methyl sites for hydroxylation is 1. The van der Waals surface area contributed by atoms with Crippen molar-refractivity contribution >= 4 is 11.7 Å². The first-order chi connectivity index (χ1) is 24.0. The number of piperidine rings is 1. The number of amides is 1. The van der Waals surface area contributed by atoms with E-state index in [0.29, 0.717) is 18.0 Å². The summed E-state index contributed by atoms with van der Waals surface area (Å²) >= 11 is 0. The van der Waals surface area contributed by atoms with Crippen molar-refractivity contribution in [3.63, 3.8) is 0 Å². The van der Waals surface area contributed by atoms with Crippen LogP contribution in [0, 0.1) is 28.6 Å². The Morgan fingerprint density at radius 3 is 2.55 bits per heavy atom. The molecule has 2 aliphatic heterocycles. The largest absolute Gasteiger partial charge is 0.381 e. The molecule has 3 aliphatic rings. The van der Waals surface area contributed by atoms with E-state index in [1.54, 1.807) is 10.9 Å². The molecule has 2 saturated heterocycles. The molecule has 10 nitrogen and oxygen atoms in total. The lowest BCUT2D eigenvalue weighted by molar-refractivity contribution is -0.124. The molecule has 1 aliphatic carbocycles. The van der Waals surface area contributed by atoms with Crippen molar-refractivity contribution < 1.29 is 9.53 Å². The van der Waals surface area contributed by atoms with E-state index in [-0.39, 0.29) is 23.2 Å². The van der Waals surface area contributed by atoms with Gasteiger partial charge < -0.3 is 15.0 Å². The maximum absolute atomic E-state index is 13.9. The smallest absolute Gasteiger partial charge is 0.229 e. The van der Waals surface area contributed by atoms with E-state index >= 15 is 0 Å². The number of nitriles is 1. The summed E-state index contributed by atoms with van der Waals surface area (Å²) in [6.07, 6.45) is 16.5. The Bertz CT molecular complexity index is 1750. The molecule has 1 unspecified atom stereocenters. The third-order valence-corrected chi connectivity index (χ3v) is 11.0. The van der Waals surface area contributed by atoms with Crippen LogP contribution in [0.1, 0.15) is 79.9 Å². The molecule has 5 heterocycles. The Morgan fingerprint density at radius 2 is 1.84 bits per heavy atom. The molecule has 4 aromatic rings. The van der Waals surface area contributed by atoms with Crippen LogP contribution in [0.2, 0.25) is 0 Å². The molecular weight excluding hydrogens is 612 g/mol. The van der Waals surface area contributed by atoms with E-state index in [0.717, 1.165) is 112 Å². The van der Waals surface area contributed by atoms with Crippen molar-refractivity contribution in [2.45, 2.75) is 70.3 Å². The number of anilines is 1. The van der Waals surface area contributed by atoms with E-state index in [1.165, 1.54) is 6.42 Å². The fraction of sp³-hybridized carbons (Fsp3) is 0.487. The Kier molecular flexibility index (Phi) is 9.99. The highest BCUT2D eigenvalue weighted by molar-refractivity contribution is 5.83. The van der Waals surface area contributed by atoms with Crippen LogP contribution in [0.3, 0.4) is 0 Å². The van der Waals surface area contributed by atoms with E-state index in [4.69, 9.17) is 14.7 Å². The number of rotatable bonds is 9. The normalized spacial score (nSPS) is 21.2. The van der Waals surface area contributed by atoms with Crippen molar-refractivity contribution in [2.75, 3.05) is 31.2 Å². The Labute approximate surface area is 288 Å². The molecule has 1 amide bonds. The number of ether oxygens (including phenoxy) is 1. The SMILES string of the molecule is Cn1cc(-c2ccc(C(C(=O)NCc3ccccc3)[C@H]3CC[C@H](Cc4ncc(C#N)c(N5CCCC6(CCOCC6)C5)n4)CC3)nc2)cn1. The molecule has 1 aromatic carbocycles. The van der Waals surface area contributed by atoms with Crippen molar-refractivity contribution in [2.24, 2.45) is 24.3 Å². The number of carbonyl (C=O) groups excluding carboxylic acids is 1. The first-order valence-electron chi connectivity index (χ1n) is 17.8. The van der Waals surface area contributed by atoms with Gasteiger partial charge in [0.25, 0.3) is 0 Å². The van der Waals surface area contributed by atoms with Crippen molar-refractivity contribution in [1.82, 2.24) is 30.0 Å². The first-order valence-corrected chi connectivity index (χ1v) is 17.8. The van der Waals surface area contributed by atoms with Gasteiger partial charge in [-0.1, -0.05) is 36.4 Å². The second-order valence-corrected chi connectivity index (χ2v) is 14.3. The summed E-state index contributed by atoms with van der Waals surface area (Å²) in [5.41, 5.74) is 4.69. The van der Waals surface area contributed by atoms with Gasteiger partial charge in [0.2, 0.25) is 5.91 Å². The van der Waals surface area contributed by atoms with E-state index in [2.05, 4.69) is 32.4 Å². The van der Waals surface area contributed by atoms with Crippen LogP contribution in [0.15, 0.2) is 67.3 Å². The molecular formula is C39H46N8O2. The van der Waals surface area contributed by atoms with E-state index in [9.17, 15) is 10.1 Å². The predicted molar refractivity (Wildman–Crippen MR) is 187 cm³/mol. The summed E-state index contributed by atoms with van der Waals surface area (Å²) in [4.78, 5) is 30.8. The van der Waals surface area contributed by atoms with Crippen LogP contribution in [-0.4, -0.2) is 56.9 Å². The molecule has 254 valence electrons. The molecule has 0 bridgehead atoms. The van der Waals surface area contributed by atoms with Crippen molar-refractivity contribution in [1.29, 1.82) is 5.26 Å². The second kappa shape index (κ2) is 14.9. The average Bonchev–Trinajstić information content (AvgIpc) is 3.58. The van der Waals surface area contributed by atoms with Gasteiger partial charge in [-0.15, -0.1) is 0 Å². The lowest BCUT2D eigenvalue weighted by Gasteiger charge is -2.45. The number of carbonyl (C=O) groups is 1. The van der Waals surface area contributed by atoms with E-state index < -0.39 is 0 Å². The number of pyridine rings is 1. The predicted octanol–water partition coefficient (Wildman–Crippen LogP) is 5.99. The van der Waals surface area contributed by atoms with Gasteiger partial charge in [-0.2, -0.15) is 10.4 Å². The Morgan fingerprint density at radius 1 is 1.02 bits per heavy atom. The summed E-state index contributed by atoms with van der Waals surface area (Å²) < 4.78 is 7.45. The maximum Gasteiger partial charge on any atom is 0.229 e. The molecule has 0 radical (unpaired) electrons. The second-order valence-electron chi connectivity index (χ2n) is 14.3. The fourth-order valence-electron chi connectivity index (χ4n) is 8.23. The molecule has 10 heteroatoms. The highest BCUT2D eigenvalue weighted by atomic mass is 16.5. The quantitative estimate of drug-likeness (QED) is 0.233. The lowest BCUT2D eigenvalue weighted by atomic mass is 9.73. The number of hydrogen-bond donors (Lipinski definition) is 1. The van der Waals surface area contributed by atoms with Crippen LogP contribution >= 0.6 is 0 Å². The van der Waals surface area contributed by atoms with Crippen LogP contribution < -0.4 is 10.2 Å². The average molecular weight is 659 g/mol. The van der Waals surface area contributed by atoms with Crippen molar-refractivity contribution in [3.05, 3.63) is 89.9 Å². The first kappa shape index (κ1) is 32.9. The summed E-state index contributed by atoms with van der Waals surface area (Å²) in [5, 5.41) is 17.4. The van der Waals surface area contributed by atoms with Crippen LogP contribution in [0.5, 0.6) is 0 Å². The minimum atomic E-state index is -0.331.